The van der Waals surface area contributed by atoms with Gasteiger partial charge in [-0.2, -0.15) is 0 Å². The summed E-state index contributed by atoms with van der Waals surface area (Å²) in [4.78, 5) is 15.7. The Balaban J connectivity index is 2.09. The quantitative estimate of drug-likeness (QED) is 0.820. The Morgan fingerprint density at radius 2 is 1.76 bits per heavy atom. The monoisotopic (exact) mass is 233 g/mol. The summed E-state index contributed by atoms with van der Waals surface area (Å²) in [7, 11) is 3.54. The van der Waals surface area contributed by atoms with E-state index in [1.807, 2.05) is 24.3 Å². The summed E-state index contributed by atoms with van der Waals surface area (Å²) >= 11 is 0. The SMILES string of the molecule is CN(C)C(=O)c1ccc(N2CCNCC2)cc1. The third-order valence-electron chi connectivity index (χ3n) is 3.00. The largest absolute Gasteiger partial charge is 0.369 e. The van der Waals surface area contributed by atoms with Crippen molar-refractivity contribution in [1.82, 2.24) is 10.2 Å². The molecule has 0 spiro atoms. The van der Waals surface area contributed by atoms with Gasteiger partial charge in [0.25, 0.3) is 5.91 Å². The first-order valence-corrected chi connectivity index (χ1v) is 5.96. The Hall–Kier alpha value is -1.55. The lowest BCUT2D eigenvalue weighted by Crippen LogP contribution is -2.43. The molecule has 0 bridgehead atoms. The second kappa shape index (κ2) is 5.19. The molecular formula is C13H19N3O. The zero-order valence-corrected chi connectivity index (χ0v) is 10.4. The fourth-order valence-corrected chi connectivity index (χ4v) is 2.00. The molecule has 1 aromatic carbocycles. The molecule has 4 heteroatoms. The fourth-order valence-electron chi connectivity index (χ4n) is 2.00. The zero-order valence-electron chi connectivity index (χ0n) is 10.4. The summed E-state index contributed by atoms with van der Waals surface area (Å²) in [5.74, 6) is 0.0526. The predicted molar refractivity (Wildman–Crippen MR) is 69.5 cm³/mol. The molecule has 1 aromatic rings. The number of hydrogen-bond acceptors (Lipinski definition) is 3. The Bertz CT molecular complexity index is 380. The van der Waals surface area contributed by atoms with Gasteiger partial charge in [-0.1, -0.05) is 0 Å². The molecule has 4 nitrogen and oxygen atoms in total. The molecule has 0 unspecified atom stereocenters. The maximum Gasteiger partial charge on any atom is 0.253 e. The third kappa shape index (κ3) is 2.77. The van der Waals surface area contributed by atoms with Crippen molar-refractivity contribution in [2.75, 3.05) is 45.2 Å². The van der Waals surface area contributed by atoms with E-state index in [2.05, 4.69) is 10.2 Å². The van der Waals surface area contributed by atoms with Crippen molar-refractivity contribution in [3.8, 4) is 0 Å². The van der Waals surface area contributed by atoms with Crippen LogP contribution in [0, 0.1) is 0 Å². The number of carbonyl (C=O) groups is 1. The number of nitrogens with one attached hydrogen (secondary N) is 1. The maximum absolute atomic E-state index is 11.7. The summed E-state index contributed by atoms with van der Waals surface area (Å²) in [6.07, 6.45) is 0. The first-order chi connectivity index (χ1) is 8.18. The first kappa shape index (κ1) is 11.9. The van der Waals surface area contributed by atoms with E-state index >= 15 is 0 Å². The molecule has 17 heavy (non-hydrogen) atoms. The number of nitrogens with zero attached hydrogens (tertiary/aromatic N) is 2. The van der Waals surface area contributed by atoms with Gasteiger partial charge in [-0.15, -0.1) is 0 Å². The van der Waals surface area contributed by atoms with Gasteiger partial charge in [0.2, 0.25) is 0 Å². The number of carbonyl (C=O) groups excluding carboxylic acids is 1. The lowest BCUT2D eigenvalue weighted by molar-refractivity contribution is 0.0827. The van der Waals surface area contributed by atoms with Crippen LogP contribution >= 0.6 is 0 Å². The Morgan fingerprint density at radius 1 is 1.18 bits per heavy atom. The van der Waals surface area contributed by atoms with Crippen molar-refractivity contribution < 1.29 is 4.79 Å². The standard InChI is InChI=1S/C13H19N3O/c1-15(2)13(17)11-3-5-12(6-4-11)16-9-7-14-8-10-16/h3-6,14H,7-10H2,1-2H3. The van der Waals surface area contributed by atoms with Crippen LogP contribution < -0.4 is 10.2 Å². The number of hydrogen-bond donors (Lipinski definition) is 1. The highest BCUT2D eigenvalue weighted by Crippen LogP contribution is 2.16. The van der Waals surface area contributed by atoms with Crippen LogP contribution in [0.2, 0.25) is 0 Å². The summed E-state index contributed by atoms with van der Waals surface area (Å²) in [6, 6.07) is 7.86. The second-order valence-electron chi connectivity index (χ2n) is 4.48. The highest BCUT2D eigenvalue weighted by molar-refractivity contribution is 5.94. The second-order valence-corrected chi connectivity index (χ2v) is 4.48. The highest BCUT2D eigenvalue weighted by atomic mass is 16.2. The third-order valence-corrected chi connectivity index (χ3v) is 3.00. The minimum atomic E-state index is 0.0526. The molecule has 0 aliphatic carbocycles. The molecular weight excluding hydrogens is 214 g/mol. The Labute approximate surface area is 102 Å². The van der Waals surface area contributed by atoms with E-state index in [0.717, 1.165) is 31.7 Å². The molecule has 0 atom stereocenters. The van der Waals surface area contributed by atoms with E-state index in [-0.39, 0.29) is 5.91 Å². The molecule has 1 aliphatic heterocycles. The normalized spacial score (nSPS) is 15.8. The van der Waals surface area contributed by atoms with Crippen molar-refractivity contribution in [3.05, 3.63) is 29.8 Å². The number of anilines is 1. The molecule has 0 radical (unpaired) electrons. The van der Waals surface area contributed by atoms with Crippen molar-refractivity contribution in [2.45, 2.75) is 0 Å². The Kier molecular flexibility index (Phi) is 3.64. The van der Waals surface area contributed by atoms with Crippen LogP contribution in [0.4, 0.5) is 5.69 Å². The molecule has 1 aliphatic rings. The Morgan fingerprint density at radius 3 is 2.29 bits per heavy atom. The minimum absolute atomic E-state index is 0.0526. The number of rotatable bonds is 2. The molecule has 1 fully saturated rings. The molecule has 1 heterocycles. The fraction of sp³-hybridized carbons (Fsp3) is 0.462. The molecule has 92 valence electrons. The van der Waals surface area contributed by atoms with E-state index in [1.54, 1.807) is 19.0 Å². The smallest absolute Gasteiger partial charge is 0.253 e. The van der Waals surface area contributed by atoms with Crippen LogP contribution in [0.25, 0.3) is 0 Å². The number of amides is 1. The molecule has 2 rings (SSSR count). The van der Waals surface area contributed by atoms with E-state index in [4.69, 9.17) is 0 Å². The van der Waals surface area contributed by atoms with E-state index < -0.39 is 0 Å². The summed E-state index contributed by atoms with van der Waals surface area (Å²) in [5.41, 5.74) is 1.94. The van der Waals surface area contributed by atoms with Crippen LogP contribution in [0.5, 0.6) is 0 Å². The van der Waals surface area contributed by atoms with E-state index in [1.165, 1.54) is 5.69 Å². The summed E-state index contributed by atoms with van der Waals surface area (Å²) in [6.45, 7) is 4.11. The minimum Gasteiger partial charge on any atom is -0.369 e. The average molecular weight is 233 g/mol. The van der Waals surface area contributed by atoms with Gasteiger partial charge in [0.15, 0.2) is 0 Å². The molecule has 0 aromatic heterocycles. The average Bonchev–Trinajstić information content (AvgIpc) is 2.39. The van der Waals surface area contributed by atoms with Gasteiger partial charge in [0, 0.05) is 51.5 Å². The van der Waals surface area contributed by atoms with Crippen LogP contribution in [-0.2, 0) is 0 Å². The van der Waals surface area contributed by atoms with Gasteiger partial charge in [0.05, 0.1) is 0 Å². The van der Waals surface area contributed by atoms with Crippen LogP contribution in [0.3, 0.4) is 0 Å². The highest BCUT2D eigenvalue weighted by Gasteiger charge is 2.12. The number of piperazine rings is 1. The topological polar surface area (TPSA) is 35.6 Å². The van der Waals surface area contributed by atoms with E-state index in [0.29, 0.717) is 0 Å². The van der Waals surface area contributed by atoms with E-state index in [9.17, 15) is 4.79 Å². The van der Waals surface area contributed by atoms with Crippen molar-refractivity contribution in [1.29, 1.82) is 0 Å². The van der Waals surface area contributed by atoms with Gasteiger partial charge < -0.3 is 15.1 Å². The summed E-state index contributed by atoms with van der Waals surface area (Å²) in [5, 5.41) is 3.33. The van der Waals surface area contributed by atoms with Gasteiger partial charge in [-0.3, -0.25) is 4.79 Å². The van der Waals surface area contributed by atoms with Crippen molar-refractivity contribution in [2.24, 2.45) is 0 Å². The lowest BCUT2D eigenvalue weighted by atomic mass is 10.1. The summed E-state index contributed by atoms with van der Waals surface area (Å²) < 4.78 is 0. The van der Waals surface area contributed by atoms with Gasteiger partial charge >= 0.3 is 0 Å². The van der Waals surface area contributed by atoms with Crippen LogP contribution in [0.15, 0.2) is 24.3 Å². The molecule has 0 saturated carbocycles. The zero-order chi connectivity index (χ0) is 12.3. The first-order valence-electron chi connectivity index (χ1n) is 5.96. The van der Waals surface area contributed by atoms with Gasteiger partial charge in [-0.05, 0) is 24.3 Å². The predicted octanol–water partition coefficient (Wildman–Crippen LogP) is 0.798. The van der Waals surface area contributed by atoms with Gasteiger partial charge in [0.1, 0.15) is 0 Å². The molecule has 1 N–H and O–H groups in total. The van der Waals surface area contributed by atoms with Crippen molar-refractivity contribution in [3.63, 3.8) is 0 Å². The maximum atomic E-state index is 11.7. The molecule has 1 amide bonds. The number of benzene rings is 1. The van der Waals surface area contributed by atoms with Crippen LogP contribution in [-0.4, -0.2) is 51.1 Å². The molecule has 1 saturated heterocycles. The lowest BCUT2D eigenvalue weighted by Gasteiger charge is -2.29. The van der Waals surface area contributed by atoms with Gasteiger partial charge in [-0.25, -0.2) is 0 Å². The van der Waals surface area contributed by atoms with Crippen LogP contribution in [0.1, 0.15) is 10.4 Å². The van der Waals surface area contributed by atoms with Crippen molar-refractivity contribution >= 4 is 11.6 Å².